The van der Waals surface area contributed by atoms with Gasteiger partial charge in [-0.05, 0) is 19.5 Å². The summed E-state index contributed by atoms with van der Waals surface area (Å²) in [7, 11) is 1.78. The Balaban J connectivity index is 2.64. The second-order valence-electron chi connectivity index (χ2n) is 3.37. The Bertz CT molecular complexity index is 314. The third-order valence-electron chi connectivity index (χ3n) is 2.20. The van der Waals surface area contributed by atoms with Crippen molar-refractivity contribution in [2.45, 2.75) is 19.4 Å². The molecular formula is C12H18N2O2. The lowest BCUT2D eigenvalue weighted by Crippen LogP contribution is -2.33. The van der Waals surface area contributed by atoms with Crippen molar-refractivity contribution in [3.05, 3.63) is 35.9 Å². The molecule has 0 fully saturated rings. The Labute approximate surface area is 96.0 Å². The third-order valence-corrected chi connectivity index (χ3v) is 2.20. The van der Waals surface area contributed by atoms with Crippen molar-refractivity contribution in [2.24, 2.45) is 0 Å². The lowest BCUT2D eigenvalue weighted by Gasteiger charge is -2.17. The fourth-order valence-corrected chi connectivity index (χ4v) is 1.50. The molecule has 1 rings (SSSR count). The van der Waals surface area contributed by atoms with Crippen molar-refractivity contribution >= 4 is 5.97 Å². The first-order valence-electron chi connectivity index (χ1n) is 5.40. The third kappa shape index (κ3) is 4.00. The van der Waals surface area contributed by atoms with Crippen LogP contribution in [0.4, 0.5) is 0 Å². The average molecular weight is 222 g/mol. The summed E-state index contributed by atoms with van der Waals surface area (Å²) in [4.78, 5) is 11.4. The van der Waals surface area contributed by atoms with Gasteiger partial charge >= 0.3 is 5.97 Å². The smallest absolute Gasteiger partial charge is 0.307 e. The second kappa shape index (κ2) is 6.98. The van der Waals surface area contributed by atoms with E-state index >= 15 is 0 Å². The topological polar surface area (TPSA) is 50.4 Å². The van der Waals surface area contributed by atoms with Crippen molar-refractivity contribution in [3.63, 3.8) is 0 Å². The van der Waals surface area contributed by atoms with Crippen molar-refractivity contribution in [2.75, 3.05) is 13.7 Å². The number of ether oxygens (including phenoxy) is 1. The summed E-state index contributed by atoms with van der Waals surface area (Å²) in [5.41, 5.74) is 6.95. The molecule has 0 heterocycles. The first-order valence-corrected chi connectivity index (χ1v) is 5.40. The van der Waals surface area contributed by atoms with Crippen LogP contribution in [0.5, 0.6) is 0 Å². The molecule has 0 aliphatic heterocycles. The number of carbonyl (C=O) groups is 1. The standard InChI is InChI=1S/C12H18N2O2/c1-3-16-12(15)9-11(14-13-2)10-7-5-4-6-8-10/h4-8,11,13-14H,3,9H2,1-2H3. The summed E-state index contributed by atoms with van der Waals surface area (Å²) in [6.45, 7) is 2.22. The molecule has 88 valence electrons. The fourth-order valence-electron chi connectivity index (χ4n) is 1.50. The molecule has 1 unspecified atom stereocenters. The fraction of sp³-hybridized carbons (Fsp3) is 0.417. The summed E-state index contributed by atoms with van der Waals surface area (Å²) in [5, 5.41) is 0. The number of esters is 1. The minimum absolute atomic E-state index is 0.0646. The zero-order chi connectivity index (χ0) is 11.8. The van der Waals surface area contributed by atoms with E-state index in [1.165, 1.54) is 0 Å². The quantitative estimate of drug-likeness (QED) is 0.564. The first kappa shape index (κ1) is 12.7. The number of hydrogen-bond acceptors (Lipinski definition) is 4. The van der Waals surface area contributed by atoms with Gasteiger partial charge in [-0.2, -0.15) is 0 Å². The minimum Gasteiger partial charge on any atom is -0.466 e. The van der Waals surface area contributed by atoms with E-state index in [4.69, 9.17) is 4.74 Å². The molecule has 0 aromatic heterocycles. The highest BCUT2D eigenvalue weighted by atomic mass is 16.5. The van der Waals surface area contributed by atoms with E-state index in [1.807, 2.05) is 30.3 Å². The number of nitrogens with one attached hydrogen (secondary N) is 2. The van der Waals surface area contributed by atoms with Crippen LogP contribution in [0.2, 0.25) is 0 Å². The molecule has 2 N–H and O–H groups in total. The Morgan fingerprint density at radius 3 is 2.62 bits per heavy atom. The van der Waals surface area contributed by atoms with Crippen LogP contribution in [0.15, 0.2) is 30.3 Å². The molecule has 0 saturated heterocycles. The van der Waals surface area contributed by atoms with Crippen LogP contribution in [-0.4, -0.2) is 19.6 Å². The van der Waals surface area contributed by atoms with Gasteiger partial charge in [0.1, 0.15) is 0 Å². The summed E-state index contributed by atoms with van der Waals surface area (Å²) in [5.74, 6) is -0.195. The van der Waals surface area contributed by atoms with Crippen LogP contribution in [0, 0.1) is 0 Å². The minimum atomic E-state index is -0.195. The Morgan fingerprint density at radius 1 is 1.38 bits per heavy atom. The highest BCUT2D eigenvalue weighted by Gasteiger charge is 2.15. The summed E-state index contributed by atoms with van der Waals surface area (Å²) < 4.78 is 4.93. The van der Waals surface area contributed by atoms with Gasteiger partial charge in [-0.1, -0.05) is 30.3 Å². The molecule has 4 nitrogen and oxygen atoms in total. The van der Waals surface area contributed by atoms with Crippen molar-refractivity contribution in [3.8, 4) is 0 Å². The van der Waals surface area contributed by atoms with E-state index in [-0.39, 0.29) is 12.0 Å². The van der Waals surface area contributed by atoms with Crippen LogP contribution < -0.4 is 10.9 Å². The van der Waals surface area contributed by atoms with Gasteiger partial charge in [0.2, 0.25) is 0 Å². The predicted octanol–water partition coefficient (Wildman–Crippen LogP) is 1.40. The molecule has 0 aliphatic carbocycles. The molecule has 1 aromatic rings. The Hall–Kier alpha value is -1.39. The number of carbonyl (C=O) groups excluding carboxylic acids is 1. The number of hydrogen-bond donors (Lipinski definition) is 2. The molecular weight excluding hydrogens is 204 g/mol. The lowest BCUT2D eigenvalue weighted by molar-refractivity contribution is -0.143. The van der Waals surface area contributed by atoms with E-state index in [2.05, 4.69) is 10.9 Å². The monoisotopic (exact) mass is 222 g/mol. The highest BCUT2D eigenvalue weighted by molar-refractivity contribution is 5.70. The highest BCUT2D eigenvalue weighted by Crippen LogP contribution is 2.16. The van der Waals surface area contributed by atoms with Crippen LogP contribution in [0.25, 0.3) is 0 Å². The van der Waals surface area contributed by atoms with Crippen LogP contribution >= 0.6 is 0 Å². The molecule has 0 bridgehead atoms. The van der Waals surface area contributed by atoms with Crippen LogP contribution in [0.3, 0.4) is 0 Å². The van der Waals surface area contributed by atoms with Crippen molar-refractivity contribution in [1.82, 2.24) is 10.9 Å². The molecule has 0 amide bonds. The Kier molecular flexibility index (Phi) is 5.53. The lowest BCUT2D eigenvalue weighted by atomic mass is 10.0. The molecule has 0 spiro atoms. The maximum absolute atomic E-state index is 11.4. The van der Waals surface area contributed by atoms with Gasteiger partial charge in [-0.15, -0.1) is 0 Å². The van der Waals surface area contributed by atoms with E-state index in [1.54, 1.807) is 14.0 Å². The maximum Gasteiger partial charge on any atom is 0.307 e. The van der Waals surface area contributed by atoms with Gasteiger partial charge in [-0.3, -0.25) is 15.6 Å². The van der Waals surface area contributed by atoms with Gasteiger partial charge in [0.25, 0.3) is 0 Å². The van der Waals surface area contributed by atoms with Crippen molar-refractivity contribution < 1.29 is 9.53 Å². The summed E-state index contributed by atoms with van der Waals surface area (Å²) >= 11 is 0. The van der Waals surface area contributed by atoms with Crippen molar-refractivity contribution in [1.29, 1.82) is 0 Å². The van der Waals surface area contributed by atoms with E-state index in [0.29, 0.717) is 13.0 Å². The Morgan fingerprint density at radius 2 is 2.06 bits per heavy atom. The molecule has 0 radical (unpaired) electrons. The number of hydrazine groups is 1. The average Bonchev–Trinajstić information content (AvgIpc) is 2.30. The molecule has 16 heavy (non-hydrogen) atoms. The number of benzene rings is 1. The van der Waals surface area contributed by atoms with Gasteiger partial charge in [0.15, 0.2) is 0 Å². The summed E-state index contributed by atoms with van der Waals surface area (Å²) in [6.07, 6.45) is 0.318. The predicted molar refractivity (Wildman–Crippen MR) is 62.6 cm³/mol. The molecule has 1 aromatic carbocycles. The second-order valence-corrected chi connectivity index (χ2v) is 3.37. The van der Waals surface area contributed by atoms with Gasteiger partial charge in [0, 0.05) is 0 Å². The largest absolute Gasteiger partial charge is 0.466 e. The molecule has 0 aliphatic rings. The zero-order valence-corrected chi connectivity index (χ0v) is 9.69. The molecule has 4 heteroatoms. The van der Waals surface area contributed by atoms with Crippen LogP contribution in [-0.2, 0) is 9.53 Å². The van der Waals surface area contributed by atoms with E-state index in [9.17, 15) is 4.79 Å². The first-order chi connectivity index (χ1) is 7.77. The summed E-state index contributed by atoms with van der Waals surface area (Å²) in [6, 6.07) is 9.74. The molecule has 1 atom stereocenters. The maximum atomic E-state index is 11.4. The van der Waals surface area contributed by atoms with E-state index < -0.39 is 0 Å². The molecule has 0 saturated carbocycles. The zero-order valence-electron chi connectivity index (χ0n) is 9.69. The van der Waals surface area contributed by atoms with Gasteiger partial charge in [-0.25, -0.2) is 0 Å². The normalized spacial score (nSPS) is 12.1. The van der Waals surface area contributed by atoms with E-state index in [0.717, 1.165) is 5.56 Å². The van der Waals surface area contributed by atoms with Crippen LogP contribution in [0.1, 0.15) is 24.9 Å². The van der Waals surface area contributed by atoms with Gasteiger partial charge in [0.05, 0.1) is 19.1 Å². The SMILES string of the molecule is CCOC(=O)CC(NNC)c1ccccc1. The number of rotatable bonds is 6. The van der Waals surface area contributed by atoms with Gasteiger partial charge < -0.3 is 4.74 Å².